The minimum absolute atomic E-state index is 0.00862. The molecule has 0 aromatic carbocycles. The number of methoxy groups -OCH3 is 1. The molecule has 0 spiro atoms. The molecule has 1 rings (SSSR count). The zero-order chi connectivity index (χ0) is 10.6. The van der Waals surface area contributed by atoms with E-state index in [1.54, 1.807) is 7.11 Å². The smallest absolute Gasteiger partial charge is 0.310 e. The van der Waals surface area contributed by atoms with E-state index in [-0.39, 0.29) is 18.0 Å². The average molecular weight is 201 g/mol. The summed E-state index contributed by atoms with van der Waals surface area (Å²) >= 11 is 0. The maximum absolute atomic E-state index is 11.6. The van der Waals surface area contributed by atoms with E-state index in [1.165, 1.54) is 0 Å². The lowest BCUT2D eigenvalue weighted by Crippen LogP contribution is -2.28. The third-order valence-corrected chi connectivity index (χ3v) is 2.54. The van der Waals surface area contributed by atoms with E-state index in [2.05, 4.69) is 12.2 Å². The highest BCUT2D eigenvalue weighted by atomic mass is 16.6. The number of carbonyl (C=O) groups is 1. The number of hydrogen-bond donors (Lipinski definition) is 1. The molecule has 3 atom stereocenters. The fourth-order valence-corrected chi connectivity index (χ4v) is 1.68. The first kappa shape index (κ1) is 11.5. The Balaban J connectivity index is 2.33. The van der Waals surface area contributed by atoms with Gasteiger partial charge in [-0.1, -0.05) is 6.92 Å². The Bertz CT molecular complexity index is 196. The molecule has 0 aromatic heterocycles. The second kappa shape index (κ2) is 5.32. The van der Waals surface area contributed by atoms with Crippen LogP contribution in [0.2, 0.25) is 0 Å². The van der Waals surface area contributed by atoms with Gasteiger partial charge in [-0.2, -0.15) is 0 Å². The van der Waals surface area contributed by atoms with Crippen molar-refractivity contribution in [3.05, 3.63) is 0 Å². The number of esters is 1. The molecule has 0 aliphatic carbocycles. The van der Waals surface area contributed by atoms with Gasteiger partial charge in [0.15, 0.2) is 0 Å². The summed E-state index contributed by atoms with van der Waals surface area (Å²) < 4.78 is 10.1. The lowest BCUT2D eigenvalue weighted by atomic mass is 9.98. The number of ether oxygens (including phenoxy) is 2. The number of rotatable bonds is 4. The molecule has 1 N–H and O–H groups in total. The molecule has 1 heterocycles. The molecule has 1 saturated heterocycles. The summed E-state index contributed by atoms with van der Waals surface area (Å²) in [4.78, 5) is 11.6. The summed E-state index contributed by atoms with van der Waals surface area (Å²) in [5.41, 5.74) is 0. The third-order valence-electron chi connectivity index (χ3n) is 2.54. The first-order valence-electron chi connectivity index (χ1n) is 5.05. The molecule has 4 nitrogen and oxygen atoms in total. The largest absolute Gasteiger partial charge is 0.460 e. The molecule has 4 heteroatoms. The normalized spacial score (nSPS) is 28.8. The summed E-state index contributed by atoms with van der Waals surface area (Å²) in [5, 5.41) is 3.18. The summed E-state index contributed by atoms with van der Waals surface area (Å²) in [7, 11) is 1.60. The summed E-state index contributed by atoms with van der Waals surface area (Å²) in [6, 6.07) is 0. The van der Waals surface area contributed by atoms with Gasteiger partial charge in [0.1, 0.15) is 6.10 Å². The maximum Gasteiger partial charge on any atom is 0.310 e. The standard InChI is InChI=1S/C10H19NO3/c1-7-4-11-5-9(7)10(12)14-8(2)6-13-3/h7-9,11H,4-6H2,1-3H3. The van der Waals surface area contributed by atoms with Crippen molar-refractivity contribution in [3.63, 3.8) is 0 Å². The predicted molar refractivity (Wildman–Crippen MR) is 53.0 cm³/mol. The zero-order valence-corrected chi connectivity index (χ0v) is 9.08. The minimum atomic E-state index is -0.153. The molecule has 1 aliphatic heterocycles. The Labute approximate surface area is 85.0 Å². The molecule has 0 radical (unpaired) electrons. The van der Waals surface area contributed by atoms with Crippen LogP contribution in [-0.4, -0.2) is 38.9 Å². The number of hydrogen-bond acceptors (Lipinski definition) is 4. The highest BCUT2D eigenvalue weighted by Gasteiger charge is 2.31. The maximum atomic E-state index is 11.6. The van der Waals surface area contributed by atoms with Crippen molar-refractivity contribution in [1.82, 2.24) is 5.32 Å². The first-order valence-corrected chi connectivity index (χ1v) is 5.05. The number of nitrogens with one attached hydrogen (secondary N) is 1. The number of carbonyl (C=O) groups excluding carboxylic acids is 1. The molecule has 1 aliphatic rings. The van der Waals surface area contributed by atoms with E-state index < -0.39 is 0 Å². The highest BCUT2D eigenvalue weighted by molar-refractivity contribution is 5.73. The van der Waals surface area contributed by atoms with E-state index in [1.807, 2.05) is 6.92 Å². The third kappa shape index (κ3) is 2.96. The van der Waals surface area contributed by atoms with E-state index >= 15 is 0 Å². The SMILES string of the molecule is COCC(C)OC(=O)C1CNCC1C. The van der Waals surface area contributed by atoms with E-state index in [0.717, 1.165) is 13.1 Å². The Morgan fingerprint density at radius 3 is 2.79 bits per heavy atom. The van der Waals surface area contributed by atoms with Crippen molar-refractivity contribution in [3.8, 4) is 0 Å². The van der Waals surface area contributed by atoms with Crippen molar-refractivity contribution >= 4 is 5.97 Å². The monoisotopic (exact) mass is 201 g/mol. The van der Waals surface area contributed by atoms with Crippen molar-refractivity contribution in [1.29, 1.82) is 0 Å². The summed E-state index contributed by atoms with van der Waals surface area (Å²) in [5.74, 6) is 0.276. The van der Waals surface area contributed by atoms with Gasteiger partial charge >= 0.3 is 5.97 Å². The molecular weight excluding hydrogens is 182 g/mol. The topological polar surface area (TPSA) is 47.6 Å². The van der Waals surface area contributed by atoms with Gasteiger partial charge in [0.2, 0.25) is 0 Å². The average Bonchev–Trinajstić information content (AvgIpc) is 2.51. The zero-order valence-electron chi connectivity index (χ0n) is 9.08. The quantitative estimate of drug-likeness (QED) is 0.670. The Hall–Kier alpha value is -0.610. The molecule has 82 valence electrons. The first-order chi connectivity index (χ1) is 6.65. The van der Waals surface area contributed by atoms with Crippen LogP contribution in [-0.2, 0) is 14.3 Å². The lowest BCUT2D eigenvalue weighted by Gasteiger charge is -2.17. The predicted octanol–water partition coefficient (Wildman–Crippen LogP) is 0.420. The molecule has 3 unspecified atom stereocenters. The van der Waals surface area contributed by atoms with Gasteiger partial charge in [-0.25, -0.2) is 0 Å². The van der Waals surface area contributed by atoms with Gasteiger partial charge in [-0.3, -0.25) is 4.79 Å². The van der Waals surface area contributed by atoms with Crippen LogP contribution in [0.15, 0.2) is 0 Å². The fourth-order valence-electron chi connectivity index (χ4n) is 1.68. The Morgan fingerprint density at radius 2 is 2.29 bits per heavy atom. The molecular formula is C10H19NO3. The molecule has 0 bridgehead atoms. The Morgan fingerprint density at radius 1 is 1.57 bits per heavy atom. The van der Waals surface area contributed by atoms with Crippen LogP contribution in [0.3, 0.4) is 0 Å². The Kier molecular flexibility index (Phi) is 4.35. The lowest BCUT2D eigenvalue weighted by molar-refractivity contribution is -0.156. The van der Waals surface area contributed by atoms with Gasteiger partial charge in [-0.15, -0.1) is 0 Å². The molecule has 0 aromatic rings. The minimum Gasteiger partial charge on any atom is -0.460 e. The van der Waals surface area contributed by atoms with E-state index in [9.17, 15) is 4.79 Å². The van der Waals surface area contributed by atoms with Crippen molar-refractivity contribution in [2.24, 2.45) is 11.8 Å². The van der Waals surface area contributed by atoms with Gasteiger partial charge in [0.05, 0.1) is 12.5 Å². The van der Waals surface area contributed by atoms with Crippen molar-refractivity contribution in [2.75, 3.05) is 26.8 Å². The van der Waals surface area contributed by atoms with Crippen LogP contribution in [0.1, 0.15) is 13.8 Å². The van der Waals surface area contributed by atoms with Gasteiger partial charge in [0.25, 0.3) is 0 Å². The van der Waals surface area contributed by atoms with Gasteiger partial charge in [-0.05, 0) is 19.4 Å². The van der Waals surface area contributed by atoms with Crippen molar-refractivity contribution in [2.45, 2.75) is 20.0 Å². The molecule has 0 saturated carbocycles. The molecule has 1 fully saturated rings. The summed E-state index contributed by atoms with van der Waals surface area (Å²) in [6.07, 6.45) is -0.153. The van der Waals surface area contributed by atoms with Gasteiger partial charge < -0.3 is 14.8 Å². The summed E-state index contributed by atoms with van der Waals surface area (Å²) in [6.45, 7) is 6.00. The van der Waals surface area contributed by atoms with Crippen molar-refractivity contribution < 1.29 is 14.3 Å². The van der Waals surface area contributed by atoms with Crippen LogP contribution < -0.4 is 5.32 Å². The highest BCUT2D eigenvalue weighted by Crippen LogP contribution is 2.17. The van der Waals surface area contributed by atoms with Crippen LogP contribution in [0.4, 0.5) is 0 Å². The molecule has 14 heavy (non-hydrogen) atoms. The van der Waals surface area contributed by atoms with Crippen LogP contribution in [0, 0.1) is 11.8 Å². The fraction of sp³-hybridized carbons (Fsp3) is 0.900. The van der Waals surface area contributed by atoms with Crippen LogP contribution >= 0.6 is 0 Å². The van der Waals surface area contributed by atoms with E-state index in [4.69, 9.17) is 9.47 Å². The van der Waals surface area contributed by atoms with Crippen LogP contribution in [0.5, 0.6) is 0 Å². The van der Waals surface area contributed by atoms with E-state index in [0.29, 0.717) is 12.5 Å². The van der Waals surface area contributed by atoms with Crippen LogP contribution in [0.25, 0.3) is 0 Å². The second-order valence-electron chi connectivity index (χ2n) is 3.94. The van der Waals surface area contributed by atoms with Gasteiger partial charge in [0, 0.05) is 13.7 Å². The second-order valence-corrected chi connectivity index (χ2v) is 3.94. The molecule has 0 amide bonds.